The maximum Gasteiger partial charge on any atom is 0.254 e. The predicted octanol–water partition coefficient (Wildman–Crippen LogP) is 5.02. The summed E-state index contributed by atoms with van der Waals surface area (Å²) in [6.45, 7) is 1.58. The number of imidazole rings is 1. The highest BCUT2D eigenvalue weighted by molar-refractivity contribution is 6.00. The van der Waals surface area contributed by atoms with E-state index >= 15 is 0 Å². The highest BCUT2D eigenvalue weighted by atomic mass is 16.5. The second-order valence-electron chi connectivity index (χ2n) is 12.3. The largest absolute Gasteiger partial charge is 0.508 e. The molecule has 1 saturated heterocycles. The summed E-state index contributed by atoms with van der Waals surface area (Å²) in [5.74, 6) is 3.37. The minimum Gasteiger partial charge on any atom is -0.508 e. The Kier molecular flexibility index (Phi) is 5.91. The van der Waals surface area contributed by atoms with Crippen molar-refractivity contribution in [3.63, 3.8) is 0 Å². The Morgan fingerprint density at radius 1 is 1.07 bits per heavy atom. The Hall–Kier alpha value is -4.57. The number of nitrogens with two attached hydrogens (primary N) is 1. The number of phenols is 1. The zero-order chi connectivity index (χ0) is 29.4. The van der Waals surface area contributed by atoms with Crippen LogP contribution in [0.5, 0.6) is 11.5 Å². The van der Waals surface area contributed by atoms with Gasteiger partial charge in [0, 0.05) is 48.9 Å². The molecule has 43 heavy (non-hydrogen) atoms. The summed E-state index contributed by atoms with van der Waals surface area (Å²) in [4.78, 5) is 25.8. The van der Waals surface area contributed by atoms with Gasteiger partial charge < -0.3 is 34.9 Å². The number of phenolic OH excluding ortho intramolecular Hbond substituents is 1. The van der Waals surface area contributed by atoms with E-state index < -0.39 is 0 Å². The Labute approximate surface area is 249 Å². The van der Waals surface area contributed by atoms with E-state index in [1.165, 1.54) is 12.8 Å². The lowest BCUT2D eigenvalue weighted by atomic mass is 10.1. The van der Waals surface area contributed by atoms with Gasteiger partial charge in [-0.3, -0.25) is 4.79 Å². The number of carbonyl (C=O) groups excluding carboxylic acids is 1. The van der Waals surface area contributed by atoms with Crippen molar-refractivity contribution >= 4 is 39.5 Å². The molecule has 0 radical (unpaired) electrons. The van der Waals surface area contributed by atoms with Crippen LogP contribution >= 0.6 is 0 Å². The first-order valence-electron chi connectivity index (χ1n) is 15.1. The number of methoxy groups -OCH3 is 1. The normalized spacial score (nSPS) is 21.3. The van der Waals surface area contributed by atoms with Crippen molar-refractivity contribution in [2.45, 2.75) is 44.3 Å². The molecule has 1 aliphatic heterocycles. The standard InChI is InChI=1S/C33H35N7O3/c1-38-30-24(13-21(15-27(30)43-2)33(42)40-17-20-5-11-25(40)29(20)34)36-32(38)26-14-19-6-12-28(35-22-7-9-23(41)10-8-22)37-31(19)39(26)16-18-3-4-18/h6-10,12-15,18,20,25,29,41H,3-5,11,16-17,34H2,1-2H3,(H,35,37)/t20-,25-,29-/m1/s1. The molecule has 4 N–H and O–H groups in total. The lowest BCUT2D eigenvalue weighted by Gasteiger charge is -2.27. The van der Waals surface area contributed by atoms with Crippen LogP contribution in [-0.2, 0) is 13.6 Å². The van der Waals surface area contributed by atoms with Crippen LogP contribution in [0.25, 0.3) is 33.6 Å². The number of fused-ring (bicyclic) bond motifs is 4. The molecule has 3 fully saturated rings. The quantitative estimate of drug-likeness (QED) is 0.232. The number of ether oxygens (including phenoxy) is 1. The summed E-state index contributed by atoms with van der Waals surface area (Å²) < 4.78 is 10.2. The van der Waals surface area contributed by atoms with E-state index in [-0.39, 0.29) is 23.7 Å². The number of rotatable bonds is 7. The first-order chi connectivity index (χ1) is 20.9. The van der Waals surface area contributed by atoms with Crippen molar-refractivity contribution in [1.82, 2.24) is 24.0 Å². The molecule has 3 aromatic heterocycles. The van der Waals surface area contributed by atoms with Crippen LogP contribution in [0.2, 0.25) is 0 Å². The third-order valence-corrected chi connectivity index (χ3v) is 9.57. The third-order valence-electron chi connectivity index (χ3n) is 9.57. The fourth-order valence-corrected chi connectivity index (χ4v) is 7.08. The van der Waals surface area contributed by atoms with Crippen molar-refractivity contribution in [1.29, 1.82) is 0 Å². The average molecular weight is 578 g/mol. The zero-order valence-corrected chi connectivity index (χ0v) is 24.3. The highest BCUT2D eigenvalue weighted by Crippen LogP contribution is 2.40. The number of piperidine rings is 1. The number of amides is 1. The molecule has 4 heterocycles. The molecule has 2 aliphatic carbocycles. The van der Waals surface area contributed by atoms with E-state index in [0.717, 1.165) is 71.0 Å². The van der Waals surface area contributed by atoms with Gasteiger partial charge in [0.25, 0.3) is 5.91 Å². The maximum atomic E-state index is 13.7. The summed E-state index contributed by atoms with van der Waals surface area (Å²) in [6, 6.07) is 17.1. The van der Waals surface area contributed by atoms with E-state index in [0.29, 0.717) is 23.1 Å². The smallest absolute Gasteiger partial charge is 0.254 e. The van der Waals surface area contributed by atoms with Gasteiger partial charge in [0.1, 0.15) is 28.5 Å². The number of aryl methyl sites for hydroxylation is 1. The van der Waals surface area contributed by atoms with Crippen LogP contribution in [0.15, 0.2) is 54.6 Å². The van der Waals surface area contributed by atoms with Crippen LogP contribution < -0.4 is 15.8 Å². The number of nitrogens with zero attached hydrogens (tertiary/aromatic N) is 5. The number of nitrogens with one attached hydrogen (secondary N) is 1. The van der Waals surface area contributed by atoms with E-state index in [9.17, 15) is 9.90 Å². The lowest BCUT2D eigenvalue weighted by molar-refractivity contribution is 0.0700. The second-order valence-corrected chi connectivity index (χ2v) is 12.3. The maximum absolute atomic E-state index is 13.7. The molecule has 3 atom stereocenters. The van der Waals surface area contributed by atoms with Gasteiger partial charge in [-0.05, 0) is 92.1 Å². The first kappa shape index (κ1) is 26.1. The minimum absolute atomic E-state index is 0.00393. The summed E-state index contributed by atoms with van der Waals surface area (Å²) in [5, 5.41) is 14.0. The zero-order valence-electron chi connectivity index (χ0n) is 24.3. The highest BCUT2D eigenvalue weighted by Gasteiger charge is 2.47. The average Bonchev–Trinajstić information content (AvgIpc) is 3.42. The summed E-state index contributed by atoms with van der Waals surface area (Å²) >= 11 is 0. The Morgan fingerprint density at radius 3 is 2.58 bits per heavy atom. The van der Waals surface area contributed by atoms with Gasteiger partial charge in [-0.25, -0.2) is 9.97 Å². The van der Waals surface area contributed by atoms with Crippen LogP contribution in [-0.4, -0.2) is 60.8 Å². The molecular formula is C33H35N7O3. The molecule has 220 valence electrons. The summed E-state index contributed by atoms with van der Waals surface area (Å²) in [6.07, 6.45) is 4.47. The van der Waals surface area contributed by atoms with Crippen LogP contribution in [0.4, 0.5) is 11.5 Å². The van der Waals surface area contributed by atoms with Crippen LogP contribution in [0.1, 0.15) is 36.0 Å². The minimum atomic E-state index is -0.00393. The molecule has 5 aromatic rings. The Morgan fingerprint density at radius 2 is 1.88 bits per heavy atom. The fraction of sp³-hybridized carbons (Fsp3) is 0.364. The van der Waals surface area contributed by atoms with E-state index in [2.05, 4.69) is 26.6 Å². The van der Waals surface area contributed by atoms with Gasteiger partial charge in [0.05, 0.1) is 18.3 Å². The number of pyridine rings is 1. The number of likely N-dealkylation sites (tertiary alicyclic amines) is 1. The second kappa shape index (κ2) is 9.74. The number of benzene rings is 2. The molecule has 10 heteroatoms. The molecule has 2 saturated carbocycles. The van der Waals surface area contributed by atoms with Crippen molar-refractivity contribution in [3.05, 3.63) is 60.2 Å². The summed E-state index contributed by atoms with van der Waals surface area (Å²) in [7, 11) is 3.64. The predicted molar refractivity (Wildman–Crippen MR) is 166 cm³/mol. The number of hydrogen-bond donors (Lipinski definition) is 3. The van der Waals surface area contributed by atoms with Gasteiger partial charge in [-0.1, -0.05) is 0 Å². The van der Waals surface area contributed by atoms with Gasteiger partial charge in [0.15, 0.2) is 5.82 Å². The molecule has 0 unspecified atom stereocenters. The Balaban J connectivity index is 1.20. The molecule has 2 aromatic carbocycles. The van der Waals surface area contributed by atoms with Crippen molar-refractivity contribution in [3.8, 4) is 23.0 Å². The monoisotopic (exact) mass is 577 g/mol. The molecule has 3 aliphatic rings. The van der Waals surface area contributed by atoms with E-state index in [1.807, 2.05) is 42.3 Å². The van der Waals surface area contributed by atoms with Gasteiger partial charge in [-0.15, -0.1) is 0 Å². The van der Waals surface area contributed by atoms with Gasteiger partial charge >= 0.3 is 0 Å². The molecule has 0 spiro atoms. The lowest BCUT2D eigenvalue weighted by Crippen LogP contribution is -2.41. The number of aromatic hydroxyl groups is 1. The number of aromatic nitrogens is 4. The van der Waals surface area contributed by atoms with E-state index in [1.54, 1.807) is 19.2 Å². The topological polar surface area (TPSA) is 123 Å². The summed E-state index contributed by atoms with van der Waals surface area (Å²) in [5.41, 5.74) is 11.3. The number of anilines is 2. The molecule has 10 nitrogen and oxygen atoms in total. The van der Waals surface area contributed by atoms with E-state index in [4.69, 9.17) is 20.4 Å². The molecule has 8 rings (SSSR count). The fourth-order valence-electron chi connectivity index (χ4n) is 7.08. The van der Waals surface area contributed by atoms with Gasteiger partial charge in [-0.2, -0.15) is 0 Å². The van der Waals surface area contributed by atoms with Gasteiger partial charge in [0.2, 0.25) is 0 Å². The first-order valence-corrected chi connectivity index (χ1v) is 15.1. The Bertz CT molecular complexity index is 1890. The van der Waals surface area contributed by atoms with Crippen molar-refractivity contribution < 1.29 is 14.6 Å². The third kappa shape index (κ3) is 4.31. The number of hydrogen-bond acceptors (Lipinski definition) is 7. The molecule has 2 bridgehead atoms. The SMILES string of the molecule is COc1cc(C(=O)N2C[C@H]3CC[C@@H]2[C@@H]3N)cc2nc(-c3cc4ccc(Nc5ccc(O)cc5)nc4n3CC3CC3)n(C)c12. The van der Waals surface area contributed by atoms with Crippen LogP contribution in [0.3, 0.4) is 0 Å². The van der Waals surface area contributed by atoms with Crippen LogP contribution in [0, 0.1) is 11.8 Å². The number of carbonyl (C=O) groups is 1. The van der Waals surface area contributed by atoms with Crippen molar-refractivity contribution in [2.75, 3.05) is 19.0 Å². The molecule has 1 amide bonds. The van der Waals surface area contributed by atoms with Crippen molar-refractivity contribution in [2.24, 2.45) is 24.6 Å². The molecular weight excluding hydrogens is 542 g/mol.